The fourth-order valence-corrected chi connectivity index (χ4v) is 4.46. The van der Waals surface area contributed by atoms with Crippen molar-refractivity contribution in [2.45, 2.75) is 32.5 Å². The zero-order valence-electron chi connectivity index (χ0n) is 18.0. The standard InChI is InChI=1S/C23H23ClN6OS/c1-4-29-22(17-9-8-10-18(24)13-17)26-27-23(29)32-14-20(31)25-21-15(2)28-30(16(21)3)19-11-6-5-7-12-19/h5-13H,4,14H2,1-3H3,(H,25,31). The normalized spacial score (nSPS) is 11.0. The minimum atomic E-state index is -0.122. The van der Waals surface area contributed by atoms with Gasteiger partial charge in [0, 0.05) is 17.1 Å². The highest BCUT2D eigenvalue weighted by molar-refractivity contribution is 7.99. The van der Waals surface area contributed by atoms with Crippen LogP contribution in [-0.4, -0.2) is 36.2 Å². The van der Waals surface area contributed by atoms with Crippen molar-refractivity contribution in [3.8, 4) is 17.1 Å². The van der Waals surface area contributed by atoms with Gasteiger partial charge in [-0.2, -0.15) is 5.10 Å². The number of thioether (sulfide) groups is 1. The highest BCUT2D eigenvalue weighted by Crippen LogP contribution is 2.27. The molecule has 0 radical (unpaired) electrons. The van der Waals surface area contributed by atoms with Gasteiger partial charge < -0.3 is 9.88 Å². The van der Waals surface area contributed by atoms with Gasteiger partial charge in [-0.3, -0.25) is 4.79 Å². The van der Waals surface area contributed by atoms with Crippen molar-refractivity contribution in [1.82, 2.24) is 24.5 Å². The van der Waals surface area contributed by atoms with E-state index < -0.39 is 0 Å². The van der Waals surface area contributed by atoms with E-state index in [0.717, 1.165) is 34.2 Å². The van der Waals surface area contributed by atoms with Crippen molar-refractivity contribution < 1.29 is 4.79 Å². The fourth-order valence-electron chi connectivity index (χ4n) is 3.47. The number of nitrogens with zero attached hydrogens (tertiary/aromatic N) is 5. The molecule has 0 atom stereocenters. The number of carbonyl (C=O) groups is 1. The first-order chi connectivity index (χ1) is 15.5. The van der Waals surface area contributed by atoms with E-state index >= 15 is 0 Å². The summed E-state index contributed by atoms with van der Waals surface area (Å²) < 4.78 is 3.82. The largest absolute Gasteiger partial charge is 0.322 e. The van der Waals surface area contributed by atoms with Crippen LogP contribution in [0.1, 0.15) is 18.3 Å². The lowest BCUT2D eigenvalue weighted by molar-refractivity contribution is -0.113. The summed E-state index contributed by atoms with van der Waals surface area (Å²) in [6, 6.07) is 17.3. The number of nitrogens with one attached hydrogen (secondary N) is 1. The van der Waals surface area contributed by atoms with Crippen molar-refractivity contribution in [2.24, 2.45) is 0 Å². The van der Waals surface area contributed by atoms with Gasteiger partial charge in [-0.15, -0.1) is 10.2 Å². The molecular weight excluding hydrogens is 444 g/mol. The van der Waals surface area contributed by atoms with Gasteiger partial charge in [0.15, 0.2) is 11.0 Å². The van der Waals surface area contributed by atoms with Crippen molar-refractivity contribution in [2.75, 3.05) is 11.1 Å². The number of para-hydroxylation sites is 1. The molecule has 1 amide bonds. The Balaban J connectivity index is 1.47. The summed E-state index contributed by atoms with van der Waals surface area (Å²) in [7, 11) is 0. The summed E-state index contributed by atoms with van der Waals surface area (Å²) in [6.07, 6.45) is 0. The zero-order chi connectivity index (χ0) is 22.7. The predicted octanol–water partition coefficient (Wildman–Crippen LogP) is 5.15. The van der Waals surface area contributed by atoms with Crippen LogP contribution in [-0.2, 0) is 11.3 Å². The lowest BCUT2D eigenvalue weighted by Crippen LogP contribution is -2.16. The molecule has 4 rings (SSSR count). The SMILES string of the molecule is CCn1c(SCC(=O)Nc2c(C)nn(-c3ccccc3)c2C)nnc1-c1cccc(Cl)c1. The van der Waals surface area contributed by atoms with Crippen LogP contribution in [0, 0.1) is 13.8 Å². The van der Waals surface area contributed by atoms with Crippen LogP contribution < -0.4 is 5.32 Å². The first kappa shape index (κ1) is 22.1. The van der Waals surface area contributed by atoms with Crippen LogP contribution in [0.2, 0.25) is 5.02 Å². The van der Waals surface area contributed by atoms with Crippen molar-refractivity contribution >= 4 is 35.0 Å². The molecule has 164 valence electrons. The minimum Gasteiger partial charge on any atom is -0.322 e. The molecule has 2 aromatic heterocycles. The maximum Gasteiger partial charge on any atom is 0.234 e. The van der Waals surface area contributed by atoms with Gasteiger partial charge >= 0.3 is 0 Å². The number of benzene rings is 2. The molecule has 0 saturated heterocycles. The summed E-state index contributed by atoms with van der Waals surface area (Å²) >= 11 is 7.47. The van der Waals surface area contributed by atoms with Crippen molar-refractivity contribution in [3.63, 3.8) is 0 Å². The number of hydrogen-bond donors (Lipinski definition) is 1. The van der Waals surface area contributed by atoms with Crippen LogP contribution in [0.5, 0.6) is 0 Å². The molecule has 9 heteroatoms. The van der Waals surface area contributed by atoms with Gasteiger partial charge in [-0.25, -0.2) is 4.68 Å². The van der Waals surface area contributed by atoms with Crippen LogP contribution in [0.3, 0.4) is 0 Å². The summed E-state index contributed by atoms with van der Waals surface area (Å²) in [5.74, 6) is 0.820. The molecule has 2 aromatic carbocycles. The molecule has 7 nitrogen and oxygen atoms in total. The van der Waals surface area contributed by atoms with Crippen LogP contribution in [0.4, 0.5) is 5.69 Å². The van der Waals surface area contributed by atoms with Crippen LogP contribution >= 0.6 is 23.4 Å². The average molecular weight is 467 g/mol. The fraction of sp³-hybridized carbons (Fsp3) is 0.217. The van der Waals surface area contributed by atoms with Gasteiger partial charge in [0.2, 0.25) is 5.91 Å². The monoisotopic (exact) mass is 466 g/mol. The van der Waals surface area contributed by atoms with Crippen LogP contribution in [0.25, 0.3) is 17.1 Å². The van der Waals surface area contributed by atoms with E-state index in [2.05, 4.69) is 20.6 Å². The molecule has 0 aliphatic carbocycles. The van der Waals surface area contributed by atoms with Crippen molar-refractivity contribution in [3.05, 3.63) is 71.0 Å². The second-order valence-electron chi connectivity index (χ2n) is 7.19. The molecule has 0 bridgehead atoms. The number of carbonyl (C=O) groups excluding carboxylic acids is 1. The number of anilines is 1. The van der Waals surface area contributed by atoms with Gasteiger partial charge in [-0.05, 0) is 45.0 Å². The maximum atomic E-state index is 12.7. The molecule has 0 fully saturated rings. The molecule has 2 heterocycles. The van der Waals surface area contributed by atoms with Crippen molar-refractivity contribution in [1.29, 1.82) is 0 Å². The first-order valence-electron chi connectivity index (χ1n) is 10.2. The van der Waals surface area contributed by atoms with Gasteiger partial charge in [-0.1, -0.05) is 53.7 Å². The summed E-state index contributed by atoms with van der Waals surface area (Å²) in [4.78, 5) is 12.7. The number of rotatable bonds is 7. The minimum absolute atomic E-state index is 0.122. The Labute approximate surface area is 195 Å². The lowest BCUT2D eigenvalue weighted by Gasteiger charge is -2.09. The molecule has 0 saturated carbocycles. The van der Waals surface area contributed by atoms with Crippen LogP contribution in [0.15, 0.2) is 59.8 Å². The summed E-state index contributed by atoms with van der Waals surface area (Å²) in [6.45, 7) is 6.54. The molecule has 32 heavy (non-hydrogen) atoms. The highest BCUT2D eigenvalue weighted by Gasteiger charge is 2.18. The Morgan fingerprint density at radius 3 is 2.59 bits per heavy atom. The quantitative estimate of drug-likeness (QED) is 0.381. The molecule has 0 aliphatic heterocycles. The summed E-state index contributed by atoms with van der Waals surface area (Å²) in [5.41, 5.74) is 4.23. The molecule has 0 aliphatic rings. The Hall–Kier alpha value is -3.10. The van der Waals surface area contributed by atoms with E-state index in [1.54, 1.807) is 0 Å². The zero-order valence-corrected chi connectivity index (χ0v) is 19.6. The second-order valence-corrected chi connectivity index (χ2v) is 8.57. The van der Waals surface area contributed by atoms with E-state index in [-0.39, 0.29) is 11.7 Å². The average Bonchev–Trinajstić information content (AvgIpc) is 3.34. The molecule has 1 N–H and O–H groups in total. The Morgan fingerprint density at radius 2 is 1.88 bits per heavy atom. The Bertz CT molecular complexity index is 1250. The first-order valence-corrected chi connectivity index (χ1v) is 11.6. The smallest absolute Gasteiger partial charge is 0.234 e. The maximum absolute atomic E-state index is 12.7. The van der Waals surface area contributed by atoms with E-state index in [0.29, 0.717) is 16.7 Å². The number of halogens is 1. The number of amides is 1. The van der Waals surface area contributed by atoms with E-state index in [1.165, 1.54) is 11.8 Å². The van der Waals surface area contributed by atoms with E-state index in [4.69, 9.17) is 11.6 Å². The third kappa shape index (κ3) is 4.56. The van der Waals surface area contributed by atoms with E-state index in [1.807, 2.05) is 84.6 Å². The summed E-state index contributed by atoms with van der Waals surface area (Å²) in [5, 5.41) is 17.5. The van der Waals surface area contributed by atoms with Gasteiger partial charge in [0.05, 0.1) is 28.5 Å². The topological polar surface area (TPSA) is 77.6 Å². The third-order valence-electron chi connectivity index (χ3n) is 5.00. The number of aromatic nitrogens is 5. The number of aryl methyl sites for hydroxylation is 1. The lowest BCUT2D eigenvalue weighted by atomic mass is 10.2. The molecular formula is C23H23ClN6OS. The van der Waals surface area contributed by atoms with E-state index in [9.17, 15) is 4.79 Å². The molecule has 0 spiro atoms. The third-order valence-corrected chi connectivity index (χ3v) is 6.21. The Morgan fingerprint density at radius 1 is 1.09 bits per heavy atom. The Kier molecular flexibility index (Phi) is 6.62. The van der Waals surface area contributed by atoms with Gasteiger partial charge in [0.25, 0.3) is 0 Å². The second kappa shape index (κ2) is 9.58. The molecule has 4 aromatic rings. The van der Waals surface area contributed by atoms with Gasteiger partial charge in [0.1, 0.15) is 0 Å². The predicted molar refractivity (Wildman–Crippen MR) is 129 cm³/mol. The highest BCUT2D eigenvalue weighted by atomic mass is 35.5. The molecule has 0 unspecified atom stereocenters. The number of hydrogen-bond acceptors (Lipinski definition) is 5.